The smallest absolute Gasteiger partial charge is 0.138 e. The van der Waals surface area contributed by atoms with E-state index in [9.17, 15) is 0 Å². The Bertz CT molecular complexity index is 374. The van der Waals surface area contributed by atoms with Crippen molar-refractivity contribution in [3.05, 3.63) is 23.9 Å². The van der Waals surface area contributed by atoms with Gasteiger partial charge < -0.3 is 10.6 Å². The van der Waals surface area contributed by atoms with Gasteiger partial charge in [0, 0.05) is 19.3 Å². The first-order valence-corrected chi connectivity index (χ1v) is 5.58. The first-order chi connectivity index (χ1) is 7.20. The molecule has 0 unspecified atom stereocenters. The zero-order chi connectivity index (χ0) is 10.8. The second-order valence-electron chi connectivity index (χ2n) is 3.93. The standard InChI is InChI=1S/C11H15N3S/c1-14(8-4-2-5-8)11-9(10(12)15)6-3-7-13-11/h3,6-8H,2,4-5H2,1H3,(H2,12,15). The molecule has 1 aliphatic carbocycles. The fourth-order valence-electron chi connectivity index (χ4n) is 1.82. The normalized spacial score (nSPS) is 15.8. The van der Waals surface area contributed by atoms with Crippen molar-refractivity contribution in [2.75, 3.05) is 11.9 Å². The molecule has 0 amide bonds. The van der Waals surface area contributed by atoms with Crippen LogP contribution in [0.2, 0.25) is 0 Å². The molecule has 15 heavy (non-hydrogen) atoms. The Kier molecular flexibility index (Phi) is 2.86. The Morgan fingerprint density at radius 1 is 1.60 bits per heavy atom. The van der Waals surface area contributed by atoms with E-state index >= 15 is 0 Å². The van der Waals surface area contributed by atoms with Crippen LogP contribution >= 0.6 is 12.2 Å². The van der Waals surface area contributed by atoms with Crippen molar-refractivity contribution in [3.8, 4) is 0 Å². The summed E-state index contributed by atoms with van der Waals surface area (Å²) >= 11 is 5.02. The van der Waals surface area contributed by atoms with Gasteiger partial charge in [-0.15, -0.1) is 0 Å². The van der Waals surface area contributed by atoms with Crippen LogP contribution in [0.5, 0.6) is 0 Å². The second kappa shape index (κ2) is 4.14. The molecule has 3 nitrogen and oxygen atoms in total. The first-order valence-electron chi connectivity index (χ1n) is 5.18. The summed E-state index contributed by atoms with van der Waals surface area (Å²) in [6.45, 7) is 0. The number of hydrogen-bond acceptors (Lipinski definition) is 3. The number of pyridine rings is 1. The maximum absolute atomic E-state index is 5.68. The molecule has 0 spiro atoms. The molecule has 0 aromatic carbocycles. The lowest BCUT2D eigenvalue weighted by Gasteiger charge is -2.36. The highest BCUT2D eigenvalue weighted by Crippen LogP contribution is 2.28. The van der Waals surface area contributed by atoms with Gasteiger partial charge in [0.25, 0.3) is 0 Å². The van der Waals surface area contributed by atoms with Gasteiger partial charge in [-0.2, -0.15) is 0 Å². The number of rotatable bonds is 3. The fraction of sp³-hybridized carbons (Fsp3) is 0.455. The molecule has 1 aliphatic rings. The molecule has 1 aromatic heterocycles. The Hall–Kier alpha value is -1.16. The molecule has 1 fully saturated rings. The lowest BCUT2D eigenvalue weighted by Crippen LogP contribution is -2.38. The van der Waals surface area contributed by atoms with Gasteiger partial charge >= 0.3 is 0 Å². The highest BCUT2D eigenvalue weighted by Gasteiger charge is 2.24. The van der Waals surface area contributed by atoms with E-state index in [-0.39, 0.29) is 0 Å². The lowest BCUT2D eigenvalue weighted by atomic mass is 9.91. The fourth-order valence-corrected chi connectivity index (χ4v) is 1.98. The summed E-state index contributed by atoms with van der Waals surface area (Å²) < 4.78 is 0. The summed E-state index contributed by atoms with van der Waals surface area (Å²) in [5, 5.41) is 0. The molecular weight excluding hydrogens is 206 g/mol. The van der Waals surface area contributed by atoms with Gasteiger partial charge in [-0.3, -0.25) is 0 Å². The summed E-state index contributed by atoms with van der Waals surface area (Å²) in [4.78, 5) is 6.97. The highest BCUT2D eigenvalue weighted by molar-refractivity contribution is 7.80. The summed E-state index contributed by atoms with van der Waals surface area (Å²) in [5.41, 5.74) is 6.55. The Labute approximate surface area is 95.3 Å². The van der Waals surface area contributed by atoms with Gasteiger partial charge in [0.2, 0.25) is 0 Å². The van der Waals surface area contributed by atoms with Gasteiger partial charge in [-0.1, -0.05) is 12.2 Å². The minimum atomic E-state index is 0.421. The van der Waals surface area contributed by atoms with Gasteiger partial charge in [0.05, 0.1) is 5.56 Å². The summed E-state index contributed by atoms with van der Waals surface area (Å²) in [7, 11) is 2.06. The molecule has 2 N–H and O–H groups in total. The van der Waals surface area contributed by atoms with Crippen LogP contribution in [0.3, 0.4) is 0 Å². The third-order valence-corrected chi connectivity index (χ3v) is 3.23. The van der Waals surface area contributed by atoms with Crippen LogP contribution in [0.1, 0.15) is 24.8 Å². The molecular formula is C11H15N3S. The molecule has 0 radical (unpaired) electrons. The van der Waals surface area contributed by atoms with Crippen LogP contribution in [0.25, 0.3) is 0 Å². The number of aromatic nitrogens is 1. The maximum Gasteiger partial charge on any atom is 0.138 e. The number of thiocarbonyl (C=S) groups is 1. The Morgan fingerprint density at radius 2 is 2.33 bits per heavy atom. The van der Waals surface area contributed by atoms with Crippen molar-refractivity contribution in [1.82, 2.24) is 4.98 Å². The van der Waals surface area contributed by atoms with Crippen molar-refractivity contribution >= 4 is 23.0 Å². The monoisotopic (exact) mass is 221 g/mol. The van der Waals surface area contributed by atoms with E-state index in [4.69, 9.17) is 18.0 Å². The highest BCUT2D eigenvalue weighted by atomic mass is 32.1. The van der Waals surface area contributed by atoms with Crippen molar-refractivity contribution in [1.29, 1.82) is 0 Å². The molecule has 0 aliphatic heterocycles. The molecule has 1 saturated carbocycles. The van der Waals surface area contributed by atoms with Gasteiger partial charge in [-0.25, -0.2) is 4.98 Å². The van der Waals surface area contributed by atoms with Gasteiger partial charge in [0.1, 0.15) is 10.8 Å². The number of hydrogen-bond donors (Lipinski definition) is 1. The van der Waals surface area contributed by atoms with Crippen LogP contribution in [0.4, 0.5) is 5.82 Å². The van der Waals surface area contributed by atoms with Crippen molar-refractivity contribution in [2.45, 2.75) is 25.3 Å². The predicted molar refractivity (Wildman–Crippen MR) is 66.2 cm³/mol. The van der Waals surface area contributed by atoms with E-state index < -0.39 is 0 Å². The van der Waals surface area contributed by atoms with E-state index in [1.54, 1.807) is 6.20 Å². The van der Waals surface area contributed by atoms with E-state index in [0.29, 0.717) is 11.0 Å². The van der Waals surface area contributed by atoms with E-state index in [1.807, 2.05) is 12.1 Å². The summed E-state index contributed by atoms with van der Waals surface area (Å²) in [6.07, 6.45) is 5.57. The maximum atomic E-state index is 5.68. The molecule has 80 valence electrons. The SMILES string of the molecule is CN(c1ncccc1C(N)=S)C1CCC1. The zero-order valence-corrected chi connectivity index (χ0v) is 9.63. The minimum absolute atomic E-state index is 0.421. The lowest BCUT2D eigenvalue weighted by molar-refractivity contribution is 0.399. The van der Waals surface area contributed by atoms with Crippen molar-refractivity contribution in [3.63, 3.8) is 0 Å². The molecule has 0 atom stereocenters. The number of anilines is 1. The largest absolute Gasteiger partial charge is 0.389 e. The van der Waals surface area contributed by atoms with E-state index in [2.05, 4.69) is 16.9 Å². The van der Waals surface area contributed by atoms with Gasteiger partial charge in [-0.05, 0) is 31.4 Å². The zero-order valence-electron chi connectivity index (χ0n) is 8.81. The minimum Gasteiger partial charge on any atom is -0.389 e. The average molecular weight is 221 g/mol. The van der Waals surface area contributed by atoms with Crippen LogP contribution in [-0.4, -0.2) is 23.1 Å². The predicted octanol–water partition coefficient (Wildman–Crippen LogP) is 1.70. The Morgan fingerprint density at radius 3 is 2.87 bits per heavy atom. The summed E-state index contributed by atoms with van der Waals surface area (Å²) in [6, 6.07) is 4.40. The van der Waals surface area contributed by atoms with Crippen LogP contribution < -0.4 is 10.6 Å². The topological polar surface area (TPSA) is 42.2 Å². The quantitative estimate of drug-likeness (QED) is 0.789. The van der Waals surface area contributed by atoms with E-state index in [0.717, 1.165) is 11.4 Å². The second-order valence-corrected chi connectivity index (χ2v) is 4.37. The Balaban J connectivity index is 2.29. The average Bonchev–Trinajstić information content (AvgIpc) is 2.15. The van der Waals surface area contributed by atoms with Crippen LogP contribution in [0.15, 0.2) is 18.3 Å². The third kappa shape index (κ3) is 1.95. The van der Waals surface area contributed by atoms with Gasteiger partial charge in [0.15, 0.2) is 0 Å². The molecule has 2 rings (SSSR count). The number of nitrogens with two attached hydrogens (primary N) is 1. The van der Waals surface area contributed by atoms with Crippen molar-refractivity contribution in [2.24, 2.45) is 5.73 Å². The van der Waals surface area contributed by atoms with Crippen LogP contribution in [0, 0.1) is 0 Å². The molecule has 4 heteroatoms. The van der Waals surface area contributed by atoms with Crippen molar-refractivity contribution < 1.29 is 0 Å². The molecule has 0 saturated heterocycles. The molecule has 1 aromatic rings. The summed E-state index contributed by atoms with van der Waals surface area (Å²) in [5.74, 6) is 0.912. The van der Waals surface area contributed by atoms with E-state index in [1.165, 1.54) is 19.3 Å². The number of nitrogens with zero attached hydrogens (tertiary/aromatic N) is 2. The molecule has 0 bridgehead atoms. The van der Waals surface area contributed by atoms with Crippen LogP contribution in [-0.2, 0) is 0 Å². The third-order valence-electron chi connectivity index (χ3n) is 3.01. The molecule has 1 heterocycles. The first kappa shape index (κ1) is 10.4.